The number of nitrogens with zero attached hydrogens (tertiary/aromatic N) is 2. The molecule has 0 saturated carbocycles. The van der Waals surface area contributed by atoms with Crippen LogP contribution < -0.4 is 10.6 Å². The van der Waals surface area contributed by atoms with Crippen molar-refractivity contribution in [3.05, 3.63) is 83.7 Å². The molecule has 2 aromatic heterocycles. The van der Waals surface area contributed by atoms with Crippen LogP contribution in [0.25, 0.3) is 10.9 Å². The number of fused-ring (bicyclic) bond motifs is 1. The van der Waals surface area contributed by atoms with Crippen molar-refractivity contribution in [3.8, 4) is 0 Å². The fourth-order valence-corrected chi connectivity index (χ4v) is 3.87. The number of hydrogen-bond acceptors (Lipinski definition) is 7. The van der Waals surface area contributed by atoms with E-state index in [2.05, 4.69) is 25.8 Å². The van der Waals surface area contributed by atoms with E-state index in [1.54, 1.807) is 34.6 Å². The molecule has 10 nitrogen and oxygen atoms in total. The van der Waals surface area contributed by atoms with Crippen LogP contribution in [0.3, 0.4) is 0 Å². The van der Waals surface area contributed by atoms with Gasteiger partial charge in [0, 0.05) is 23.5 Å². The van der Waals surface area contributed by atoms with Crippen molar-refractivity contribution in [2.45, 2.75) is 64.8 Å². The van der Waals surface area contributed by atoms with E-state index in [9.17, 15) is 9.59 Å². The monoisotopic (exact) mass is 519 g/mol. The molecule has 0 aliphatic carbocycles. The molecule has 0 fully saturated rings. The Hall–Kier alpha value is -4.34. The molecule has 0 aliphatic heterocycles. The molecule has 2 aromatic carbocycles. The van der Waals surface area contributed by atoms with Crippen LogP contribution in [-0.4, -0.2) is 33.0 Å². The number of aromatic amines is 1. The zero-order valence-electron chi connectivity index (χ0n) is 22.2. The number of ether oxygens (including phenoxy) is 2. The van der Waals surface area contributed by atoms with Crippen LogP contribution in [0.15, 0.2) is 65.2 Å². The van der Waals surface area contributed by atoms with E-state index in [0.29, 0.717) is 6.42 Å². The van der Waals surface area contributed by atoms with Crippen LogP contribution in [0.4, 0.5) is 9.59 Å². The number of hydrogen-bond donors (Lipinski definition) is 3. The third-order valence-corrected chi connectivity index (χ3v) is 5.69. The van der Waals surface area contributed by atoms with Gasteiger partial charge in [0.15, 0.2) is 0 Å². The van der Waals surface area contributed by atoms with E-state index in [0.717, 1.165) is 22.0 Å². The summed E-state index contributed by atoms with van der Waals surface area (Å²) in [6, 6.07) is 16.6. The second-order valence-corrected chi connectivity index (χ2v) is 10.5. The maximum atomic E-state index is 12.8. The van der Waals surface area contributed by atoms with Gasteiger partial charge in [0.2, 0.25) is 11.8 Å². The molecule has 0 saturated heterocycles. The van der Waals surface area contributed by atoms with Gasteiger partial charge in [-0.2, -0.15) is 0 Å². The summed E-state index contributed by atoms with van der Waals surface area (Å²) in [5.41, 5.74) is 1.12. The second kappa shape index (κ2) is 11.0. The Labute approximate surface area is 221 Å². The molecule has 2 amide bonds. The molecule has 200 valence electrons. The van der Waals surface area contributed by atoms with Crippen molar-refractivity contribution in [3.63, 3.8) is 0 Å². The molecule has 38 heavy (non-hydrogen) atoms. The van der Waals surface area contributed by atoms with E-state index in [-0.39, 0.29) is 18.4 Å². The lowest BCUT2D eigenvalue weighted by Crippen LogP contribution is -2.44. The van der Waals surface area contributed by atoms with Gasteiger partial charge < -0.3 is 29.5 Å². The molecular weight excluding hydrogens is 486 g/mol. The zero-order valence-corrected chi connectivity index (χ0v) is 22.2. The summed E-state index contributed by atoms with van der Waals surface area (Å²) in [4.78, 5) is 28.4. The first-order valence-electron chi connectivity index (χ1n) is 12.4. The third kappa shape index (κ3) is 6.90. The number of amides is 2. The maximum Gasteiger partial charge on any atom is 0.408 e. The van der Waals surface area contributed by atoms with Crippen LogP contribution in [0.2, 0.25) is 0 Å². The normalized spacial score (nSPS) is 12.7. The topological polar surface area (TPSA) is 131 Å². The van der Waals surface area contributed by atoms with Gasteiger partial charge in [-0.1, -0.05) is 48.5 Å². The highest BCUT2D eigenvalue weighted by Crippen LogP contribution is 2.27. The fraction of sp³-hybridized carbons (Fsp3) is 0.357. The van der Waals surface area contributed by atoms with Crippen molar-refractivity contribution in [1.29, 1.82) is 0 Å². The Kier molecular flexibility index (Phi) is 7.70. The molecule has 3 N–H and O–H groups in total. The number of H-pyrrole nitrogens is 1. The number of benzene rings is 2. The van der Waals surface area contributed by atoms with Gasteiger partial charge in [-0.3, -0.25) is 0 Å². The molecule has 10 heteroatoms. The maximum absolute atomic E-state index is 12.8. The number of para-hydroxylation sites is 1. The Morgan fingerprint density at radius 1 is 0.974 bits per heavy atom. The first-order valence-corrected chi connectivity index (χ1v) is 12.4. The van der Waals surface area contributed by atoms with E-state index >= 15 is 0 Å². The Morgan fingerprint density at radius 2 is 1.68 bits per heavy atom. The van der Waals surface area contributed by atoms with E-state index in [1.165, 1.54) is 0 Å². The van der Waals surface area contributed by atoms with E-state index < -0.39 is 29.4 Å². The summed E-state index contributed by atoms with van der Waals surface area (Å²) < 4.78 is 16.8. The number of nitrogens with one attached hydrogen (secondary N) is 3. The van der Waals surface area contributed by atoms with Crippen molar-refractivity contribution < 1.29 is 23.5 Å². The molecule has 2 heterocycles. The molecule has 0 aliphatic rings. The van der Waals surface area contributed by atoms with Crippen LogP contribution in [0, 0.1) is 0 Å². The summed E-state index contributed by atoms with van der Waals surface area (Å²) in [5, 5.41) is 15.0. The molecule has 4 aromatic rings. The first-order chi connectivity index (χ1) is 18.0. The molecule has 0 spiro atoms. The average molecular weight is 520 g/mol. The quantitative estimate of drug-likeness (QED) is 0.279. The number of carbonyl (C=O) groups is 2. The third-order valence-electron chi connectivity index (χ3n) is 5.69. The predicted octanol–water partition coefficient (Wildman–Crippen LogP) is 5.52. The largest absolute Gasteiger partial charge is 0.445 e. The minimum absolute atomic E-state index is 0.119. The van der Waals surface area contributed by atoms with Gasteiger partial charge in [0.25, 0.3) is 0 Å². The lowest BCUT2D eigenvalue weighted by atomic mass is 10.0. The second-order valence-electron chi connectivity index (χ2n) is 10.5. The highest BCUT2D eigenvalue weighted by atomic mass is 16.6. The van der Waals surface area contributed by atoms with Crippen LogP contribution in [0.1, 0.15) is 63.6 Å². The highest BCUT2D eigenvalue weighted by molar-refractivity contribution is 5.83. The Balaban J connectivity index is 1.54. The van der Waals surface area contributed by atoms with Gasteiger partial charge in [-0.15, -0.1) is 10.2 Å². The van der Waals surface area contributed by atoms with Crippen molar-refractivity contribution in [1.82, 2.24) is 25.8 Å². The standard InChI is InChI=1S/C28H33N5O5/c1-27(2,3)38-26(35)31-28(4,5)24-33-32-23(37-24)22(15-19-16-29-21-14-10-9-13-20(19)21)30-25(34)36-17-18-11-7-6-8-12-18/h6-14,16,22,29H,15,17H2,1-5H3,(H,30,34)(H,31,35)/t22-/m0/s1. The summed E-state index contributed by atoms with van der Waals surface area (Å²) in [6.45, 7) is 8.91. The number of carbonyl (C=O) groups excluding carboxylic acids is 2. The molecule has 4 rings (SSSR count). The first kappa shape index (κ1) is 26.7. The SMILES string of the molecule is CC(C)(C)OC(=O)NC(C)(C)c1nnc([C@H](Cc2c[nH]c3ccccc23)NC(=O)OCc2ccccc2)o1. The van der Waals surface area contributed by atoms with Crippen LogP contribution in [0.5, 0.6) is 0 Å². The van der Waals surface area contributed by atoms with Gasteiger partial charge >= 0.3 is 12.2 Å². The minimum atomic E-state index is -1.02. The van der Waals surface area contributed by atoms with E-state index in [4.69, 9.17) is 13.9 Å². The summed E-state index contributed by atoms with van der Waals surface area (Å²) in [5.74, 6) is 0.350. The molecule has 0 unspecified atom stereocenters. The summed E-state index contributed by atoms with van der Waals surface area (Å²) in [7, 11) is 0. The fourth-order valence-electron chi connectivity index (χ4n) is 3.87. The number of aromatic nitrogens is 3. The van der Waals surface area contributed by atoms with Gasteiger partial charge in [0.1, 0.15) is 23.8 Å². The van der Waals surface area contributed by atoms with Crippen molar-refractivity contribution in [2.75, 3.05) is 0 Å². The molecular formula is C28H33N5O5. The van der Waals surface area contributed by atoms with Gasteiger partial charge in [0.05, 0.1) is 0 Å². The van der Waals surface area contributed by atoms with Gasteiger partial charge in [-0.25, -0.2) is 9.59 Å². The molecule has 0 bridgehead atoms. The van der Waals surface area contributed by atoms with Crippen molar-refractivity contribution in [2.24, 2.45) is 0 Å². The Bertz CT molecular complexity index is 1390. The van der Waals surface area contributed by atoms with Crippen LogP contribution in [-0.2, 0) is 28.0 Å². The summed E-state index contributed by atoms with van der Waals surface area (Å²) >= 11 is 0. The molecule has 0 radical (unpaired) electrons. The average Bonchev–Trinajstić information content (AvgIpc) is 3.50. The lowest BCUT2D eigenvalue weighted by molar-refractivity contribution is 0.0454. The summed E-state index contributed by atoms with van der Waals surface area (Å²) in [6.07, 6.45) is 1.02. The smallest absolute Gasteiger partial charge is 0.408 e. The lowest BCUT2D eigenvalue weighted by Gasteiger charge is -2.26. The highest BCUT2D eigenvalue weighted by Gasteiger charge is 2.33. The predicted molar refractivity (Wildman–Crippen MR) is 141 cm³/mol. The van der Waals surface area contributed by atoms with Crippen LogP contribution >= 0.6 is 0 Å². The number of alkyl carbamates (subject to hydrolysis) is 2. The zero-order chi connectivity index (χ0) is 27.3. The number of rotatable bonds is 8. The van der Waals surface area contributed by atoms with Gasteiger partial charge in [-0.05, 0) is 51.8 Å². The minimum Gasteiger partial charge on any atom is -0.445 e. The van der Waals surface area contributed by atoms with E-state index in [1.807, 2.05) is 60.8 Å². The Morgan fingerprint density at radius 3 is 2.42 bits per heavy atom. The molecule has 1 atom stereocenters. The van der Waals surface area contributed by atoms with Crippen molar-refractivity contribution >= 4 is 23.1 Å².